The summed E-state index contributed by atoms with van der Waals surface area (Å²) in [5.74, 6) is 3.23. The minimum Gasteiger partial charge on any atom is -0.493 e. The first-order chi connectivity index (χ1) is 30.1. The van der Waals surface area contributed by atoms with E-state index in [0.29, 0.717) is 77.8 Å². The van der Waals surface area contributed by atoms with Gasteiger partial charge in [-0.2, -0.15) is 0 Å². The van der Waals surface area contributed by atoms with Crippen molar-refractivity contribution >= 4 is 0 Å². The minimum absolute atomic E-state index is 0.0210. The number of aliphatic hydroxyl groups is 4. The van der Waals surface area contributed by atoms with Crippen LogP contribution in [0, 0.1) is 0 Å². The number of fused-ring (bicyclic) bond motifs is 8. The van der Waals surface area contributed by atoms with Crippen LogP contribution in [0.2, 0.25) is 0 Å². The van der Waals surface area contributed by atoms with Crippen molar-refractivity contribution in [3.05, 3.63) is 115 Å². The summed E-state index contributed by atoms with van der Waals surface area (Å²) < 4.78 is 27.3. The largest absolute Gasteiger partial charge is 0.493 e. The quantitative estimate of drug-likeness (QED) is 0.0724. The summed E-state index contributed by atoms with van der Waals surface area (Å²) in [6.45, 7) is 28.5. The number of hydrogen-bond donors (Lipinski definition) is 4. The van der Waals surface area contributed by atoms with Crippen molar-refractivity contribution in [2.75, 3.05) is 52.9 Å². The van der Waals surface area contributed by atoms with Gasteiger partial charge in [0.1, 0.15) is 23.0 Å². The Kier molecular flexibility index (Phi) is 17.1. The number of ether oxygens (including phenoxy) is 4. The first kappa shape index (κ1) is 50.9. The van der Waals surface area contributed by atoms with Gasteiger partial charge < -0.3 is 39.4 Å². The molecule has 0 saturated heterocycles. The fourth-order valence-electron chi connectivity index (χ4n) is 8.32. The smallest absolute Gasteiger partial charge is 0.126 e. The molecule has 0 unspecified atom stereocenters. The third-order valence-corrected chi connectivity index (χ3v) is 12.2. The van der Waals surface area contributed by atoms with Gasteiger partial charge in [-0.1, -0.05) is 132 Å². The highest BCUT2D eigenvalue weighted by atomic mass is 16.5. The van der Waals surface area contributed by atoms with Crippen molar-refractivity contribution in [3.63, 3.8) is 0 Å². The maximum absolute atomic E-state index is 9.97. The fourth-order valence-corrected chi connectivity index (χ4v) is 8.32. The molecule has 5 rings (SSSR count). The van der Waals surface area contributed by atoms with Gasteiger partial charge in [0.05, 0.1) is 26.4 Å². The highest BCUT2D eigenvalue weighted by Gasteiger charge is 2.29. The molecule has 0 heterocycles. The molecule has 0 spiro atoms. The second-order valence-electron chi connectivity index (χ2n) is 21.9. The number of aliphatic hydroxyl groups excluding tert-OH is 4. The molecule has 4 aromatic carbocycles. The zero-order chi connectivity index (χ0) is 47.0. The molecule has 1 aliphatic rings. The van der Waals surface area contributed by atoms with Crippen molar-refractivity contribution in [2.24, 2.45) is 0 Å². The average molecular weight is 881 g/mol. The normalized spacial score (nSPS) is 13.5. The van der Waals surface area contributed by atoms with Crippen LogP contribution in [0.4, 0.5) is 0 Å². The zero-order valence-electron chi connectivity index (χ0n) is 41.4. The molecule has 8 bridgehead atoms. The lowest BCUT2D eigenvalue weighted by atomic mass is 9.79. The van der Waals surface area contributed by atoms with E-state index in [9.17, 15) is 20.4 Å². The molecule has 0 fully saturated rings. The lowest BCUT2D eigenvalue weighted by Gasteiger charge is -2.29. The van der Waals surface area contributed by atoms with Gasteiger partial charge in [0.15, 0.2) is 0 Å². The Hall–Kier alpha value is -4.08. The predicted octanol–water partition coefficient (Wildman–Crippen LogP) is 10.6. The van der Waals surface area contributed by atoms with Crippen molar-refractivity contribution in [1.29, 1.82) is 0 Å². The van der Waals surface area contributed by atoms with E-state index in [-0.39, 0.29) is 48.1 Å². The molecule has 0 aromatic heterocycles. The van der Waals surface area contributed by atoms with Crippen molar-refractivity contribution < 1.29 is 39.4 Å². The standard InChI is InChI=1S/C56H80O8/c1-53(2,3)45-29-37-25-39-31-46(54(4,5)6)33-41(50(39)62-22-14-18-58)27-43-35-48(56(10,11)12)36-44(52(43)64-24-16-20-60)28-42-34-47(55(7,8)9)32-40(51(42)63-23-15-19-59)26-38(30-45)49(37)61-21-13-17-57/h29-36,57-60H,13-28H2,1-12H3. The fraction of sp³-hybridized carbons (Fsp3) is 0.571. The Balaban J connectivity index is 2.01. The minimum atomic E-state index is -0.189. The van der Waals surface area contributed by atoms with Crippen LogP contribution in [0.25, 0.3) is 0 Å². The van der Waals surface area contributed by atoms with Crippen molar-refractivity contribution in [1.82, 2.24) is 0 Å². The van der Waals surface area contributed by atoms with Crippen LogP contribution in [0.15, 0.2) is 48.5 Å². The maximum atomic E-state index is 9.97. The second kappa shape index (κ2) is 21.5. The van der Waals surface area contributed by atoms with Crippen LogP contribution in [-0.4, -0.2) is 73.3 Å². The van der Waals surface area contributed by atoms with E-state index in [1.54, 1.807) is 0 Å². The molecule has 8 nitrogen and oxygen atoms in total. The molecule has 8 heteroatoms. The van der Waals surface area contributed by atoms with Gasteiger partial charge in [-0.25, -0.2) is 0 Å². The van der Waals surface area contributed by atoms with Gasteiger partial charge in [0, 0.05) is 77.8 Å². The van der Waals surface area contributed by atoms with Gasteiger partial charge in [-0.05, 0) is 88.4 Å². The number of rotatable bonds is 16. The van der Waals surface area contributed by atoms with E-state index in [2.05, 4.69) is 132 Å². The Morgan fingerprint density at radius 3 is 0.594 bits per heavy atom. The number of hydrogen-bond acceptors (Lipinski definition) is 8. The van der Waals surface area contributed by atoms with Gasteiger partial charge in [0.2, 0.25) is 0 Å². The molecule has 0 atom stereocenters. The van der Waals surface area contributed by atoms with Crippen LogP contribution in [0.3, 0.4) is 0 Å². The van der Waals surface area contributed by atoms with Crippen LogP contribution >= 0.6 is 0 Å². The molecule has 64 heavy (non-hydrogen) atoms. The van der Waals surface area contributed by atoms with E-state index >= 15 is 0 Å². The summed E-state index contributed by atoms with van der Waals surface area (Å²) in [4.78, 5) is 0. The van der Waals surface area contributed by atoms with E-state index in [0.717, 1.165) is 67.5 Å². The second-order valence-corrected chi connectivity index (χ2v) is 21.9. The Morgan fingerprint density at radius 2 is 0.469 bits per heavy atom. The molecule has 4 N–H and O–H groups in total. The van der Waals surface area contributed by atoms with E-state index in [1.165, 1.54) is 22.3 Å². The van der Waals surface area contributed by atoms with Gasteiger partial charge in [-0.15, -0.1) is 0 Å². The summed E-state index contributed by atoms with van der Waals surface area (Å²) in [5, 5.41) is 39.9. The predicted molar refractivity (Wildman–Crippen MR) is 261 cm³/mol. The molecular weight excluding hydrogens is 801 g/mol. The molecular formula is C56H80O8. The van der Waals surface area contributed by atoms with Crippen LogP contribution < -0.4 is 18.9 Å². The highest BCUT2D eigenvalue weighted by molar-refractivity contribution is 5.60. The summed E-state index contributed by atoms with van der Waals surface area (Å²) in [7, 11) is 0. The van der Waals surface area contributed by atoms with Crippen LogP contribution in [0.1, 0.15) is 176 Å². The van der Waals surface area contributed by atoms with E-state index in [4.69, 9.17) is 18.9 Å². The third-order valence-electron chi connectivity index (χ3n) is 12.2. The first-order valence-electron chi connectivity index (χ1n) is 23.7. The number of benzene rings is 4. The lowest BCUT2D eigenvalue weighted by molar-refractivity contribution is 0.230. The Bertz CT molecular complexity index is 1770. The first-order valence-corrected chi connectivity index (χ1v) is 23.7. The molecule has 1 aliphatic carbocycles. The van der Waals surface area contributed by atoms with Crippen molar-refractivity contribution in [3.8, 4) is 23.0 Å². The van der Waals surface area contributed by atoms with E-state index < -0.39 is 0 Å². The zero-order valence-corrected chi connectivity index (χ0v) is 41.4. The van der Waals surface area contributed by atoms with Gasteiger partial charge in [0.25, 0.3) is 0 Å². The summed E-state index contributed by atoms with van der Waals surface area (Å²) in [5.41, 5.74) is 12.3. The highest BCUT2D eigenvalue weighted by Crippen LogP contribution is 2.44. The molecule has 4 aromatic rings. The van der Waals surface area contributed by atoms with Crippen LogP contribution in [-0.2, 0) is 47.3 Å². The Morgan fingerprint density at radius 1 is 0.312 bits per heavy atom. The van der Waals surface area contributed by atoms with Gasteiger partial charge in [-0.3, -0.25) is 0 Å². The lowest BCUT2D eigenvalue weighted by Crippen LogP contribution is -2.18. The van der Waals surface area contributed by atoms with Crippen molar-refractivity contribution in [2.45, 2.75) is 156 Å². The maximum Gasteiger partial charge on any atom is 0.126 e. The summed E-state index contributed by atoms with van der Waals surface area (Å²) in [6.07, 6.45) is 4.08. The molecule has 0 amide bonds. The Labute approximate surface area is 385 Å². The molecule has 0 radical (unpaired) electrons. The summed E-state index contributed by atoms with van der Waals surface area (Å²) in [6, 6.07) is 18.4. The van der Waals surface area contributed by atoms with Crippen LogP contribution in [0.5, 0.6) is 23.0 Å². The average Bonchev–Trinajstić information content (AvgIpc) is 3.19. The molecule has 352 valence electrons. The molecule has 0 aliphatic heterocycles. The molecule has 0 saturated carbocycles. The third kappa shape index (κ3) is 13.0. The SMILES string of the molecule is CC(C)(C)c1cc2c(OCCCO)c(c1)Cc1cc(C(C)(C)C)cc(c1OCCCO)Cc1cc(C(C)(C)C)cc(c1OCCCO)Cc1cc(C(C)(C)C)cc(c1OCCCO)C2. The summed E-state index contributed by atoms with van der Waals surface area (Å²) >= 11 is 0. The van der Waals surface area contributed by atoms with E-state index in [1.807, 2.05) is 0 Å². The van der Waals surface area contributed by atoms with Gasteiger partial charge >= 0.3 is 0 Å². The topological polar surface area (TPSA) is 118 Å². The monoisotopic (exact) mass is 881 g/mol.